The summed E-state index contributed by atoms with van der Waals surface area (Å²) >= 11 is 0. The number of anilines is 1. The first-order valence-electron chi connectivity index (χ1n) is 9.15. The maximum absolute atomic E-state index is 13.8. The minimum absolute atomic E-state index is 0.0947. The van der Waals surface area contributed by atoms with Gasteiger partial charge >= 0.3 is 0 Å². The predicted octanol–water partition coefficient (Wildman–Crippen LogP) is 4.52. The van der Waals surface area contributed by atoms with Gasteiger partial charge in [-0.1, -0.05) is 18.2 Å². The zero-order valence-electron chi connectivity index (χ0n) is 15.1. The number of H-pyrrole nitrogens is 1. The molecule has 6 heteroatoms. The second-order valence-electron chi connectivity index (χ2n) is 7.16. The summed E-state index contributed by atoms with van der Waals surface area (Å²) in [5.74, 6) is -1.99. The molecule has 0 atom stereocenters. The second-order valence-corrected chi connectivity index (χ2v) is 7.16. The average Bonchev–Trinajstić information content (AvgIpc) is 2.80. The van der Waals surface area contributed by atoms with E-state index in [0.29, 0.717) is 24.5 Å². The summed E-state index contributed by atoms with van der Waals surface area (Å²) in [6.07, 6.45) is 0.115. The van der Waals surface area contributed by atoms with Crippen LogP contribution in [0.25, 0.3) is 22.2 Å². The topological polar surface area (TPSA) is 49.0 Å². The number of aryl methyl sites for hydroxylation is 1. The number of fused-ring (bicyclic) bond motifs is 1. The van der Waals surface area contributed by atoms with Crippen molar-refractivity contribution in [1.82, 2.24) is 9.97 Å². The number of hydrogen-bond acceptors (Lipinski definition) is 3. The van der Waals surface area contributed by atoms with Gasteiger partial charge in [-0.25, -0.2) is 13.8 Å². The molecule has 4 nitrogen and oxygen atoms in total. The van der Waals surface area contributed by atoms with Crippen LogP contribution in [0.5, 0.6) is 0 Å². The number of nitrogens with zero attached hydrogens (tertiary/aromatic N) is 2. The summed E-state index contributed by atoms with van der Waals surface area (Å²) in [7, 11) is 0. The molecule has 1 aliphatic heterocycles. The molecule has 2 aromatic heterocycles. The maximum Gasteiger partial charge on any atom is 0.249 e. The van der Waals surface area contributed by atoms with E-state index < -0.39 is 5.92 Å². The van der Waals surface area contributed by atoms with Crippen LogP contribution in [0.15, 0.2) is 47.3 Å². The van der Waals surface area contributed by atoms with E-state index in [0.717, 1.165) is 22.2 Å². The Balaban J connectivity index is 1.88. The highest BCUT2D eigenvalue weighted by atomic mass is 19.3. The van der Waals surface area contributed by atoms with Crippen LogP contribution in [0.1, 0.15) is 25.0 Å². The number of aromatic nitrogens is 2. The van der Waals surface area contributed by atoms with Gasteiger partial charge in [0.05, 0.1) is 11.2 Å². The Hall–Kier alpha value is -2.76. The molecule has 0 unspecified atom stereocenters. The number of rotatable bonds is 2. The minimum atomic E-state index is -2.64. The number of hydrogen-bond donors (Lipinski definition) is 1. The highest BCUT2D eigenvalue weighted by molar-refractivity contribution is 5.88. The average molecular weight is 369 g/mol. The van der Waals surface area contributed by atoms with Crippen LogP contribution in [-0.4, -0.2) is 29.0 Å². The van der Waals surface area contributed by atoms with Crippen LogP contribution in [-0.2, 0) is 0 Å². The fraction of sp³-hybridized carbons (Fsp3) is 0.333. The van der Waals surface area contributed by atoms with Crippen molar-refractivity contribution in [3.8, 4) is 11.3 Å². The largest absolute Gasteiger partial charge is 0.358 e. The second kappa shape index (κ2) is 6.76. The first kappa shape index (κ1) is 17.6. The van der Waals surface area contributed by atoms with Gasteiger partial charge in [0.1, 0.15) is 5.82 Å². The highest BCUT2D eigenvalue weighted by Gasteiger charge is 2.32. The summed E-state index contributed by atoms with van der Waals surface area (Å²) in [5.41, 5.74) is 2.88. The number of benzene rings is 1. The lowest BCUT2D eigenvalue weighted by atomic mass is 10.1. The van der Waals surface area contributed by atoms with E-state index >= 15 is 0 Å². The Morgan fingerprint density at radius 3 is 2.74 bits per heavy atom. The molecular formula is C21H21F2N3O. The molecule has 27 heavy (non-hydrogen) atoms. The molecule has 1 aromatic carbocycles. The molecule has 1 aliphatic rings. The smallest absolute Gasteiger partial charge is 0.249 e. The van der Waals surface area contributed by atoms with Gasteiger partial charge < -0.3 is 9.88 Å². The van der Waals surface area contributed by atoms with E-state index in [1.165, 1.54) is 12.1 Å². The van der Waals surface area contributed by atoms with Gasteiger partial charge in [0.2, 0.25) is 5.92 Å². The van der Waals surface area contributed by atoms with Gasteiger partial charge in [0.15, 0.2) is 5.43 Å². The van der Waals surface area contributed by atoms with Crippen molar-refractivity contribution in [3.63, 3.8) is 0 Å². The molecule has 0 amide bonds. The van der Waals surface area contributed by atoms with Crippen molar-refractivity contribution in [2.24, 2.45) is 0 Å². The lowest BCUT2D eigenvalue weighted by Gasteiger charge is -2.25. The predicted molar refractivity (Wildman–Crippen MR) is 104 cm³/mol. The molecule has 1 N–H and O–H groups in total. The number of alkyl halides is 2. The standard InChI is InChI=1S/C21H21F2N3O/c1-14-11-16(27)13-19(24-14)17-12-15-5-2-3-6-18(15)25-20(17)26-9-4-7-21(22,23)8-10-26/h2-3,5-6,11-13H,4,7-10H2,1H3,(H,24,27). The SMILES string of the molecule is Cc1cc(=O)cc(-c2cc3ccccc3nc2N2CCCC(F)(F)CC2)[nH]1. The molecule has 0 aliphatic carbocycles. The summed E-state index contributed by atoms with van der Waals surface area (Å²) in [5, 5.41) is 0.943. The fourth-order valence-corrected chi connectivity index (χ4v) is 3.65. The molecule has 0 spiro atoms. The van der Waals surface area contributed by atoms with E-state index in [4.69, 9.17) is 4.98 Å². The zero-order valence-corrected chi connectivity index (χ0v) is 15.1. The molecule has 1 fully saturated rings. The van der Waals surface area contributed by atoms with Crippen molar-refractivity contribution in [1.29, 1.82) is 0 Å². The van der Waals surface area contributed by atoms with Gasteiger partial charge in [0.25, 0.3) is 0 Å². The van der Waals surface area contributed by atoms with Crippen molar-refractivity contribution in [2.75, 3.05) is 18.0 Å². The minimum Gasteiger partial charge on any atom is -0.358 e. The lowest BCUT2D eigenvalue weighted by Crippen LogP contribution is -2.27. The molecule has 140 valence electrons. The number of para-hydroxylation sites is 1. The van der Waals surface area contributed by atoms with Gasteiger partial charge in [-0.15, -0.1) is 0 Å². The maximum atomic E-state index is 13.8. The Labute approximate surface area is 155 Å². The molecule has 3 heterocycles. The third-order valence-electron chi connectivity index (χ3n) is 4.99. The summed E-state index contributed by atoms with van der Waals surface area (Å²) in [6, 6.07) is 12.8. The van der Waals surface area contributed by atoms with Gasteiger partial charge in [-0.3, -0.25) is 4.79 Å². The molecule has 4 rings (SSSR count). The molecule has 0 radical (unpaired) electrons. The van der Waals surface area contributed by atoms with Gasteiger partial charge in [0, 0.05) is 54.7 Å². The normalized spacial score (nSPS) is 17.1. The van der Waals surface area contributed by atoms with Gasteiger partial charge in [-0.2, -0.15) is 0 Å². The lowest BCUT2D eigenvalue weighted by molar-refractivity contribution is -0.0102. The third kappa shape index (κ3) is 3.70. The zero-order chi connectivity index (χ0) is 19.0. The molecule has 3 aromatic rings. The Morgan fingerprint density at radius 1 is 1.11 bits per heavy atom. The van der Waals surface area contributed by atoms with Crippen LogP contribution in [0.2, 0.25) is 0 Å². The van der Waals surface area contributed by atoms with E-state index in [2.05, 4.69) is 4.98 Å². The van der Waals surface area contributed by atoms with Crippen LogP contribution in [0.4, 0.5) is 14.6 Å². The Bertz CT molecular complexity index is 1050. The number of pyridine rings is 2. The Kier molecular flexibility index (Phi) is 4.42. The van der Waals surface area contributed by atoms with E-state index in [1.807, 2.05) is 42.2 Å². The summed E-state index contributed by atoms with van der Waals surface area (Å²) in [6.45, 7) is 2.58. The Morgan fingerprint density at radius 2 is 1.93 bits per heavy atom. The van der Waals surface area contributed by atoms with E-state index in [1.54, 1.807) is 0 Å². The molecule has 1 saturated heterocycles. The molecule has 0 bridgehead atoms. The summed E-state index contributed by atoms with van der Waals surface area (Å²) in [4.78, 5) is 22.0. The number of halogens is 2. The van der Waals surface area contributed by atoms with Crippen molar-refractivity contribution in [3.05, 3.63) is 58.4 Å². The van der Waals surface area contributed by atoms with Crippen LogP contribution in [0, 0.1) is 6.92 Å². The first-order valence-corrected chi connectivity index (χ1v) is 9.15. The van der Waals surface area contributed by atoms with Crippen molar-refractivity contribution < 1.29 is 8.78 Å². The first-order chi connectivity index (χ1) is 12.9. The quantitative estimate of drug-likeness (QED) is 0.722. The van der Waals surface area contributed by atoms with Crippen LogP contribution < -0.4 is 10.3 Å². The number of aromatic amines is 1. The monoisotopic (exact) mass is 369 g/mol. The highest BCUT2D eigenvalue weighted by Crippen LogP contribution is 2.35. The van der Waals surface area contributed by atoms with Crippen molar-refractivity contribution >= 4 is 16.7 Å². The van der Waals surface area contributed by atoms with Crippen molar-refractivity contribution in [2.45, 2.75) is 32.1 Å². The molecule has 0 saturated carbocycles. The third-order valence-corrected chi connectivity index (χ3v) is 4.99. The summed E-state index contributed by atoms with van der Waals surface area (Å²) < 4.78 is 27.7. The van der Waals surface area contributed by atoms with E-state index in [9.17, 15) is 13.6 Å². The molecular weight excluding hydrogens is 348 g/mol. The van der Waals surface area contributed by atoms with Crippen LogP contribution >= 0.6 is 0 Å². The van der Waals surface area contributed by atoms with Gasteiger partial charge in [-0.05, 0) is 25.5 Å². The fourth-order valence-electron chi connectivity index (χ4n) is 3.65. The van der Waals surface area contributed by atoms with Crippen LogP contribution in [0.3, 0.4) is 0 Å². The number of nitrogens with one attached hydrogen (secondary N) is 1. The van der Waals surface area contributed by atoms with E-state index in [-0.39, 0.29) is 24.8 Å².